The van der Waals surface area contributed by atoms with Gasteiger partial charge < -0.3 is 14.8 Å². The van der Waals surface area contributed by atoms with Gasteiger partial charge in [-0.1, -0.05) is 30.0 Å². The highest BCUT2D eigenvalue weighted by Crippen LogP contribution is 2.36. The maximum Gasteiger partial charge on any atom is 0.214 e. The number of thioether (sulfide) groups is 1. The lowest BCUT2D eigenvalue weighted by Crippen LogP contribution is -2.15. The molecule has 0 amide bonds. The number of nitrogens with zero attached hydrogens (tertiary/aromatic N) is 4. The monoisotopic (exact) mass is 513 g/mol. The number of benzene rings is 2. The van der Waals surface area contributed by atoms with Crippen LogP contribution in [0.1, 0.15) is 18.9 Å². The van der Waals surface area contributed by atoms with E-state index in [2.05, 4.69) is 42.8 Å². The molecule has 0 aliphatic rings. The number of aromatic nitrogens is 4. The van der Waals surface area contributed by atoms with E-state index in [9.17, 15) is 0 Å². The summed E-state index contributed by atoms with van der Waals surface area (Å²) in [6.45, 7) is 4.21. The van der Waals surface area contributed by atoms with Gasteiger partial charge >= 0.3 is 0 Å². The first-order valence-electron chi connectivity index (χ1n) is 9.39. The molecule has 0 atom stereocenters. The molecule has 0 saturated heterocycles. The van der Waals surface area contributed by atoms with Crippen LogP contribution in [0.3, 0.4) is 0 Å². The molecule has 0 bridgehead atoms. The van der Waals surface area contributed by atoms with Gasteiger partial charge in [-0.2, -0.15) is 4.68 Å². The van der Waals surface area contributed by atoms with Crippen molar-refractivity contribution in [2.75, 3.05) is 26.0 Å². The minimum atomic E-state index is 0. The van der Waals surface area contributed by atoms with Crippen molar-refractivity contribution < 1.29 is 9.47 Å². The summed E-state index contributed by atoms with van der Waals surface area (Å²) in [6.07, 6.45) is 1.00. The van der Waals surface area contributed by atoms with Crippen molar-refractivity contribution in [1.82, 2.24) is 25.5 Å². The van der Waals surface area contributed by atoms with Crippen LogP contribution >= 0.6 is 40.1 Å². The topological polar surface area (TPSA) is 74.1 Å². The smallest absolute Gasteiger partial charge is 0.214 e. The van der Waals surface area contributed by atoms with Crippen molar-refractivity contribution in [2.45, 2.75) is 25.0 Å². The van der Waals surface area contributed by atoms with Crippen molar-refractivity contribution in [1.29, 1.82) is 0 Å². The Morgan fingerprint density at radius 2 is 2.00 bits per heavy atom. The molecular weight excluding hydrogens is 490 g/mol. The van der Waals surface area contributed by atoms with Crippen LogP contribution in [-0.4, -0.2) is 46.2 Å². The van der Waals surface area contributed by atoms with E-state index in [1.54, 1.807) is 23.6 Å². The molecule has 1 N–H and O–H groups in total. The standard InChI is InChI=1S/C20H24BrN5O2S.ClH/c1-3-28-18-13-15(12-17(21)19(18)27-2)14-22-10-7-11-29-20-23-24-25-26(20)16-8-5-4-6-9-16;/h4-6,8-9,12-13,22H,3,7,10-11,14H2,1-2H3;1H. The molecule has 0 spiro atoms. The first-order valence-corrected chi connectivity index (χ1v) is 11.2. The Morgan fingerprint density at radius 3 is 2.73 bits per heavy atom. The minimum absolute atomic E-state index is 0. The Balaban J connectivity index is 0.00000320. The molecule has 7 nitrogen and oxygen atoms in total. The van der Waals surface area contributed by atoms with Gasteiger partial charge in [0.25, 0.3) is 0 Å². The SMILES string of the molecule is CCOc1cc(CNCCCSc2nnnn2-c2ccccc2)cc(Br)c1OC.Cl. The van der Waals surface area contributed by atoms with Gasteiger partial charge in [0, 0.05) is 12.3 Å². The van der Waals surface area contributed by atoms with Gasteiger partial charge in [0.15, 0.2) is 11.5 Å². The van der Waals surface area contributed by atoms with Crippen molar-refractivity contribution in [2.24, 2.45) is 0 Å². The number of hydrogen-bond donors (Lipinski definition) is 1. The number of tetrazole rings is 1. The second-order valence-corrected chi connectivity index (χ2v) is 8.05. The molecule has 0 aliphatic carbocycles. The lowest BCUT2D eigenvalue weighted by Gasteiger charge is -2.13. The van der Waals surface area contributed by atoms with Gasteiger partial charge in [-0.3, -0.25) is 0 Å². The fraction of sp³-hybridized carbons (Fsp3) is 0.350. The van der Waals surface area contributed by atoms with Crippen LogP contribution in [0.25, 0.3) is 5.69 Å². The van der Waals surface area contributed by atoms with Gasteiger partial charge in [0.1, 0.15) is 0 Å². The van der Waals surface area contributed by atoms with Crippen LogP contribution in [0.5, 0.6) is 11.5 Å². The van der Waals surface area contributed by atoms with Crippen molar-refractivity contribution >= 4 is 40.1 Å². The van der Waals surface area contributed by atoms with Crippen LogP contribution in [0.2, 0.25) is 0 Å². The third-order valence-electron chi connectivity index (χ3n) is 4.07. The number of halogens is 2. The first kappa shape index (κ1) is 24.5. The highest BCUT2D eigenvalue weighted by molar-refractivity contribution is 9.10. The minimum Gasteiger partial charge on any atom is -0.492 e. The van der Waals surface area contributed by atoms with Crippen LogP contribution in [-0.2, 0) is 6.54 Å². The summed E-state index contributed by atoms with van der Waals surface area (Å²) in [5, 5.41) is 16.3. The van der Waals surface area contributed by atoms with E-state index in [1.165, 1.54) is 0 Å². The predicted octanol–water partition coefficient (Wildman–Crippen LogP) is 4.53. The van der Waals surface area contributed by atoms with E-state index in [0.717, 1.165) is 57.6 Å². The molecule has 1 aromatic heterocycles. The Hall–Kier alpha value is -1.81. The average molecular weight is 515 g/mol. The first-order chi connectivity index (χ1) is 14.2. The van der Waals surface area contributed by atoms with Crippen molar-refractivity contribution in [3.63, 3.8) is 0 Å². The fourth-order valence-electron chi connectivity index (χ4n) is 2.78. The zero-order valence-corrected chi connectivity index (χ0v) is 20.1. The molecule has 0 aliphatic heterocycles. The normalized spacial score (nSPS) is 10.5. The summed E-state index contributed by atoms with van der Waals surface area (Å²) in [6, 6.07) is 14.0. The molecule has 162 valence electrons. The average Bonchev–Trinajstić information content (AvgIpc) is 3.20. The van der Waals surface area contributed by atoms with Gasteiger partial charge in [0.05, 0.1) is 23.9 Å². The molecular formula is C20H25BrClN5O2S. The van der Waals surface area contributed by atoms with E-state index in [4.69, 9.17) is 9.47 Å². The molecule has 1 heterocycles. The summed E-state index contributed by atoms with van der Waals surface area (Å²) < 4.78 is 13.7. The molecule has 10 heteroatoms. The van der Waals surface area contributed by atoms with E-state index >= 15 is 0 Å². The van der Waals surface area contributed by atoms with E-state index in [0.29, 0.717) is 6.61 Å². The largest absolute Gasteiger partial charge is 0.492 e. The van der Waals surface area contributed by atoms with Gasteiger partial charge in [-0.25, -0.2) is 0 Å². The maximum atomic E-state index is 5.68. The molecule has 0 saturated carbocycles. The van der Waals surface area contributed by atoms with Gasteiger partial charge in [-0.05, 0) is 76.1 Å². The van der Waals surface area contributed by atoms with Crippen molar-refractivity contribution in [3.8, 4) is 17.2 Å². The lowest BCUT2D eigenvalue weighted by atomic mass is 10.2. The maximum absolute atomic E-state index is 5.68. The summed E-state index contributed by atoms with van der Waals surface area (Å²) in [5.74, 6) is 2.41. The summed E-state index contributed by atoms with van der Waals surface area (Å²) in [4.78, 5) is 0. The number of ether oxygens (including phenoxy) is 2. The number of nitrogens with one attached hydrogen (secondary N) is 1. The molecule has 3 rings (SSSR count). The number of rotatable bonds is 11. The summed E-state index contributed by atoms with van der Waals surface area (Å²) >= 11 is 5.21. The van der Waals surface area contributed by atoms with Crippen LogP contribution < -0.4 is 14.8 Å². The Kier molecular flexibility index (Phi) is 10.4. The zero-order chi connectivity index (χ0) is 20.5. The Bertz CT molecular complexity index is 913. The fourth-order valence-corrected chi connectivity index (χ4v) is 4.26. The van der Waals surface area contributed by atoms with E-state index < -0.39 is 0 Å². The third-order valence-corrected chi connectivity index (χ3v) is 5.67. The second kappa shape index (κ2) is 12.8. The van der Waals surface area contributed by atoms with E-state index in [-0.39, 0.29) is 12.4 Å². The Labute approximate surface area is 195 Å². The third kappa shape index (κ3) is 6.60. The van der Waals surface area contributed by atoms with Gasteiger partial charge in [-0.15, -0.1) is 17.5 Å². The predicted molar refractivity (Wildman–Crippen MR) is 125 cm³/mol. The second-order valence-electron chi connectivity index (χ2n) is 6.13. The lowest BCUT2D eigenvalue weighted by molar-refractivity contribution is 0.309. The number of methoxy groups -OCH3 is 1. The van der Waals surface area contributed by atoms with Crippen LogP contribution in [0.4, 0.5) is 0 Å². The quantitative estimate of drug-likeness (QED) is 0.298. The molecule has 0 unspecified atom stereocenters. The number of hydrogen-bond acceptors (Lipinski definition) is 7. The molecule has 30 heavy (non-hydrogen) atoms. The summed E-state index contributed by atoms with van der Waals surface area (Å²) in [5.41, 5.74) is 2.11. The highest BCUT2D eigenvalue weighted by Gasteiger charge is 2.11. The zero-order valence-electron chi connectivity index (χ0n) is 16.9. The van der Waals surface area contributed by atoms with Crippen LogP contribution in [0, 0.1) is 0 Å². The molecule has 3 aromatic rings. The molecule has 0 radical (unpaired) electrons. The highest BCUT2D eigenvalue weighted by atomic mass is 79.9. The van der Waals surface area contributed by atoms with Crippen molar-refractivity contribution in [3.05, 3.63) is 52.5 Å². The summed E-state index contributed by atoms with van der Waals surface area (Å²) in [7, 11) is 1.65. The Morgan fingerprint density at radius 1 is 1.20 bits per heavy atom. The molecule has 2 aromatic carbocycles. The number of para-hydroxylation sites is 1. The van der Waals surface area contributed by atoms with Crippen LogP contribution in [0.15, 0.2) is 52.1 Å². The van der Waals surface area contributed by atoms with Gasteiger partial charge in [0.2, 0.25) is 5.16 Å². The van der Waals surface area contributed by atoms with E-state index in [1.807, 2.05) is 43.3 Å². The molecule has 0 fully saturated rings.